The van der Waals surface area contributed by atoms with Crippen molar-refractivity contribution in [1.82, 2.24) is 5.32 Å². The molecule has 1 aliphatic rings. The van der Waals surface area contributed by atoms with E-state index >= 15 is 0 Å². The fourth-order valence-electron chi connectivity index (χ4n) is 4.00. The van der Waals surface area contributed by atoms with E-state index in [4.69, 9.17) is 0 Å². The van der Waals surface area contributed by atoms with Gasteiger partial charge in [0.15, 0.2) is 0 Å². The van der Waals surface area contributed by atoms with Crippen LogP contribution in [0.2, 0.25) is 0 Å². The Morgan fingerprint density at radius 2 is 1.50 bits per heavy atom. The van der Waals surface area contributed by atoms with Crippen molar-refractivity contribution in [1.29, 1.82) is 0 Å². The molecule has 38 heavy (non-hydrogen) atoms. The zero-order chi connectivity index (χ0) is 27.0. The molecule has 0 spiro atoms. The molecule has 0 saturated carbocycles. The fraction of sp³-hybridized carbons (Fsp3) is 0.296. The summed E-state index contributed by atoms with van der Waals surface area (Å²) in [7, 11) is -6.48. The smallest absolute Gasteiger partial charge is 0.206 e. The molecule has 9 nitrogen and oxygen atoms in total. The normalized spacial score (nSPS) is 13.2. The number of nitrogens with zero attached hydrogens (tertiary/aromatic N) is 2. The topological polar surface area (TPSA) is 120 Å². The molecule has 0 aliphatic carbocycles. The Kier molecular flexibility index (Phi) is 9.03. The van der Waals surface area contributed by atoms with Gasteiger partial charge in [-0.25, -0.2) is 16.8 Å². The van der Waals surface area contributed by atoms with Crippen LogP contribution >= 0.6 is 0 Å². The van der Waals surface area contributed by atoms with Crippen molar-refractivity contribution in [3.05, 3.63) is 78.4 Å². The average Bonchev–Trinajstić information content (AvgIpc) is 2.90. The van der Waals surface area contributed by atoms with Gasteiger partial charge in [0.05, 0.1) is 26.9 Å². The molecular weight excluding hydrogens is 522 g/mol. The van der Waals surface area contributed by atoms with E-state index in [-0.39, 0.29) is 15.5 Å². The van der Waals surface area contributed by atoms with E-state index < -0.39 is 19.7 Å². The van der Waals surface area contributed by atoms with Gasteiger partial charge in [0.25, 0.3) is 0 Å². The number of nitrogens with one attached hydrogen (secondary N) is 3. The molecule has 3 aromatic rings. The second-order valence-electron chi connectivity index (χ2n) is 9.12. The van der Waals surface area contributed by atoms with E-state index in [0.29, 0.717) is 13.2 Å². The molecule has 202 valence electrons. The van der Waals surface area contributed by atoms with Gasteiger partial charge in [0.2, 0.25) is 9.84 Å². The van der Waals surface area contributed by atoms with Crippen LogP contribution in [0, 0.1) is 0 Å². The molecular formula is C27H33N5O4S2. The molecule has 1 heterocycles. The highest BCUT2D eigenvalue weighted by Gasteiger charge is 2.18. The number of rotatable bonds is 13. The van der Waals surface area contributed by atoms with E-state index in [1.54, 1.807) is 54.6 Å². The minimum absolute atomic E-state index is 0.162. The van der Waals surface area contributed by atoms with Crippen molar-refractivity contribution < 1.29 is 16.8 Å². The van der Waals surface area contributed by atoms with Crippen LogP contribution in [0.5, 0.6) is 0 Å². The number of benzene rings is 3. The van der Waals surface area contributed by atoms with Gasteiger partial charge in [-0.05, 0) is 74.0 Å². The van der Waals surface area contributed by atoms with E-state index in [9.17, 15) is 16.8 Å². The molecule has 0 aromatic heterocycles. The van der Waals surface area contributed by atoms with E-state index in [0.717, 1.165) is 48.6 Å². The van der Waals surface area contributed by atoms with Crippen molar-refractivity contribution in [2.75, 3.05) is 54.1 Å². The maximum Gasteiger partial charge on any atom is 0.206 e. The maximum atomic E-state index is 12.8. The van der Waals surface area contributed by atoms with Crippen LogP contribution in [0.1, 0.15) is 18.4 Å². The molecule has 0 saturated heterocycles. The monoisotopic (exact) mass is 555 g/mol. The second kappa shape index (κ2) is 12.4. The van der Waals surface area contributed by atoms with Crippen molar-refractivity contribution >= 4 is 43.0 Å². The molecule has 0 amide bonds. The number of fused-ring (bicyclic) bond motifs is 1. The van der Waals surface area contributed by atoms with E-state index in [1.807, 2.05) is 29.4 Å². The summed E-state index contributed by atoms with van der Waals surface area (Å²) in [5, 5.41) is 8.50. The number of sulfone groups is 2. The van der Waals surface area contributed by atoms with Crippen LogP contribution in [0.4, 0.5) is 17.1 Å². The molecule has 11 heteroatoms. The summed E-state index contributed by atoms with van der Waals surface area (Å²) >= 11 is 0. The zero-order valence-electron chi connectivity index (χ0n) is 21.3. The minimum atomic E-state index is -3.56. The molecule has 3 aromatic carbocycles. The second-order valence-corrected chi connectivity index (χ2v) is 13.3. The summed E-state index contributed by atoms with van der Waals surface area (Å²) in [4.78, 5) is 4.96. The largest absolute Gasteiger partial charge is 0.385 e. The fourth-order valence-corrected chi connectivity index (χ4v) is 5.79. The number of anilines is 3. The first-order valence-electron chi connectivity index (χ1n) is 12.4. The lowest BCUT2D eigenvalue weighted by atomic mass is 10.1. The van der Waals surface area contributed by atoms with Gasteiger partial charge in [-0.1, -0.05) is 18.2 Å². The summed E-state index contributed by atoms with van der Waals surface area (Å²) in [6, 6.07) is 21.2. The summed E-state index contributed by atoms with van der Waals surface area (Å²) < 4.78 is 48.0. The highest BCUT2D eigenvalue weighted by Crippen LogP contribution is 2.27. The van der Waals surface area contributed by atoms with Crippen molar-refractivity contribution in [3.8, 4) is 0 Å². The van der Waals surface area contributed by atoms with E-state index in [1.165, 1.54) is 6.26 Å². The first kappa shape index (κ1) is 27.6. The Bertz CT molecular complexity index is 1460. The SMILES string of the molecule is CS(=O)(=O)CCNCCCCNc1ccc2c(c1)C=NCN2Nc1ccc(S(=O)(=O)c2ccccc2)cc1. The quantitative estimate of drug-likeness (QED) is 0.274. The van der Waals surface area contributed by atoms with Gasteiger partial charge in [-0.15, -0.1) is 0 Å². The summed E-state index contributed by atoms with van der Waals surface area (Å²) in [6.07, 6.45) is 5.00. The number of hydrogen-bond acceptors (Lipinski definition) is 9. The van der Waals surface area contributed by atoms with Gasteiger partial charge < -0.3 is 10.6 Å². The molecule has 0 radical (unpaired) electrons. The lowest BCUT2D eigenvalue weighted by Crippen LogP contribution is -2.33. The number of aliphatic imine (C=N–C) groups is 1. The van der Waals surface area contributed by atoms with Crippen LogP contribution in [-0.2, 0) is 19.7 Å². The Hall–Kier alpha value is -3.41. The molecule has 1 aliphatic heterocycles. The lowest BCUT2D eigenvalue weighted by molar-refractivity contribution is 0.592. The summed E-state index contributed by atoms with van der Waals surface area (Å²) in [6.45, 7) is 2.51. The van der Waals surface area contributed by atoms with Gasteiger partial charge in [-0.3, -0.25) is 15.4 Å². The molecule has 0 atom stereocenters. The number of unbranched alkanes of at least 4 members (excludes halogenated alkanes) is 1. The number of hydrogen-bond donors (Lipinski definition) is 3. The van der Waals surface area contributed by atoms with Crippen LogP contribution in [0.25, 0.3) is 0 Å². The molecule has 4 rings (SSSR count). The zero-order valence-corrected chi connectivity index (χ0v) is 22.9. The number of hydrazine groups is 1. The highest BCUT2D eigenvalue weighted by atomic mass is 32.2. The first-order valence-corrected chi connectivity index (χ1v) is 16.0. The predicted molar refractivity (Wildman–Crippen MR) is 154 cm³/mol. The Morgan fingerprint density at radius 3 is 2.24 bits per heavy atom. The third-order valence-electron chi connectivity index (χ3n) is 6.01. The van der Waals surface area contributed by atoms with Crippen LogP contribution in [-0.4, -0.2) is 61.4 Å². The lowest BCUT2D eigenvalue weighted by Gasteiger charge is -2.29. The Labute approximate surface area is 224 Å². The minimum Gasteiger partial charge on any atom is -0.385 e. The van der Waals surface area contributed by atoms with Gasteiger partial charge in [0.1, 0.15) is 16.5 Å². The molecule has 0 fully saturated rings. The predicted octanol–water partition coefficient (Wildman–Crippen LogP) is 3.57. The Balaban J connectivity index is 1.29. The first-order chi connectivity index (χ1) is 18.2. The van der Waals surface area contributed by atoms with Crippen LogP contribution in [0.15, 0.2) is 87.6 Å². The third-order valence-corrected chi connectivity index (χ3v) is 8.74. The van der Waals surface area contributed by atoms with Gasteiger partial charge >= 0.3 is 0 Å². The van der Waals surface area contributed by atoms with Gasteiger partial charge in [-0.2, -0.15) is 0 Å². The highest BCUT2D eigenvalue weighted by molar-refractivity contribution is 7.91. The van der Waals surface area contributed by atoms with Crippen LogP contribution < -0.4 is 21.1 Å². The van der Waals surface area contributed by atoms with Crippen molar-refractivity contribution in [2.45, 2.75) is 22.6 Å². The summed E-state index contributed by atoms with van der Waals surface area (Å²) in [5.74, 6) is 0.162. The Morgan fingerprint density at radius 1 is 0.816 bits per heavy atom. The van der Waals surface area contributed by atoms with E-state index in [2.05, 4.69) is 21.1 Å². The molecule has 0 bridgehead atoms. The third kappa shape index (κ3) is 7.56. The maximum absolute atomic E-state index is 12.8. The summed E-state index contributed by atoms with van der Waals surface area (Å²) in [5.41, 5.74) is 7.02. The van der Waals surface area contributed by atoms with Crippen molar-refractivity contribution in [3.63, 3.8) is 0 Å². The molecule has 3 N–H and O–H groups in total. The van der Waals surface area contributed by atoms with Crippen LogP contribution in [0.3, 0.4) is 0 Å². The van der Waals surface area contributed by atoms with Gasteiger partial charge in [0, 0.05) is 36.8 Å². The molecule has 0 unspecified atom stereocenters. The average molecular weight is 556 g/mol. The van der Waals surface area contributed by atoms with Crippen molar-refractivity contribution in [2.24, 2.45) is 4.99 Å². The standard InChI is InChI=1S/C27H33N5O4S2/c1-37(33,34)18-17-28-15-5-6-16-30-24-11-14-27-22(19-24)20-29-21-32(27)31-23-9-12-26(13-10-23)38(35,36)25-7-3-2-4-8-25/h2-4,7-14,19-20,28,30-31H,5-6,15-18,21H2,1H3.